The van der Waals surface area contributed by atoms with Crippen LogP contribution in [-0.2, 0) is 4.79 Å². The minimum Gasteiger partial charge on any atom is -0.368 e. The van der Waals surface area contributed by atoms with E-state index >= 15 is 0 Å². The number of hydrogen-bond acceptors (Lipinski definition) is 2. The van der Waals surface area contributed by atoms with Gasteiger partial charge in [-0.1, -0.05) is 0 Å². The first-order valence-corrected chi connectivity index (χ1v) is 1.83. The maximum absolute atomic E-state index is 9.92. The smallest absolute Gasteiger partial charge is 0.235 e. The van der Waals surface area contributed by atoms with Gasteiger partial charge < -0.3 is 11.1 Å². The van der Waals surface area contributed by atoms with Crippen LogP contribution in [0.4, 0.5) is 0 Å². The van der Waals surface area contributed by atoms with E-state index < -0.39 is 0 Å². The van der Waals surface area contributed by atoms with E-state index in [1.54, 1.807) is 0 Å². The fraction of sp³-hybridized carbons (Fsp3) is 0.667. The number of nitrogens with two attached hydrogens (primary N) is 1. The molecule has 0 aromatic rings. The van der Waals surface area contributed by atoms with Gasteiger partial charge in [0, 0.05) is 6.54 Å². The van der Waals surface area contributed by atoms with Crippen molar-refractivity contribution in [3.05, 3.63) is 0 Å². The largest absolute Gasteiger partial charge is 0.368 e. The SMILES string of the molecule is NC(=O)[C@H]1CN1. The number of rotatable bonds is 1. The van der Waals surface area contributed by atoms with Gasteiger partial charge in [-0.05, 0) is 0 Å². The molecule has 1 amide bonds. The van der Waals surface area contributed by atoms with Crippen LogP contribution in [0.3, 0.4) is 0 Å². The highest BCUT2D eigenvalue weighted by Gasteiger charge is 2.25. The van der Waals surface area contributed by atoms with Crippen molar-refractivity contribution in [3.8, 4) is 0 Å². The average molecular weight is 86.1 g/mol. The summed E-state index contributed by atoms with van der Waals surface area (Å²) in [6.07, 6.45) is 0. The maximum atomic E-state index is 9.92. The van der Waals surface area contributed by atoms with Gasteiger partial charge in [0.1, 0.15) is 0 Å². The van der Waals surface area contributed by atoms with Crippen molar-refractivity contribution < 1.29 is 4.79 Å². The fourth-order valence-corrected chi connectivity index (χ4v) is 0.260. The Morgan fingerprint density at radius 3 is 2.50 bits per heavy atom. The van der Waals surface area contributed by atoms with E-state index in [2.05, 4.69) is 5.32 Å². The third-order valence-electron chi connectivity index (χ3n) is 0.752. The molecule has 0 aromatic carbocycles. The van der Waals surface area contributed by atoms with Crippen molar-refractivity contribution in [2.45, 2.75) is 6.04 Å². The first-order chi connectivity index (χ1) is 2.80. The molecule has 0 unspecified atom stereocenters. The molecule has 1 atom stereocenters. The molecule has 0 bridgehead atoms. The molecule has 1 heterocycles. The number of carbonyl (C=O) groups excluding carboxylic acids is 1. The molecule has 0 spiro atoms. The zero-order valence-corrected chi connectivity index (χ0v) is 3.27. The van der Waals surface area contributed by atoms with Crippen LogP contribution >= 0.6 is 0 Å². The zero-order chi connectivity index (χ0) is 4.57. The molecule has 0 radical (unpaired) electrons. The van der Waals surface area contributed by atoms with Crippen molar-refractivity contribution in [1.29, 1.82) is 0 Å². The molecule has 3 N–H and O–H groups in total. The Morgan fingerprint density at radius 2 is 2.50 bits per heavy atom. The first-order valence-electron chi connectivity index (χ1n) is 1.83. The lowest BCUT2D eigenvalue weighted by Crippen LogP contribution is -2.19. The van der Waals surface area contributed by atoms with Crippen LogP contribution in [-0.4, -0.2) is 18.5 Å². The predicted octanol–water partition coefficient (Wildman–Crippen LogP) is -1.56. The normalized spacial score (nSPS) is 29.7. The molecular formula is C3H6N2O. The summed E-state index contributed by atoms with van der Waals surface area (Å²) in [6, 6.07) is -0.00926. The highest BCUT2D eigenvalue weighted by molar-refractivity contribution is 5.82. The van der Waals surface area contributed by atoms with Gasteiger partial charge in [0.2, 0.25) is 5.91 Å². The van der Waals surface area contributed by atoms with Crippen molar-refractivity contribution in [3.63, 3.8) is 0 Å². The number of nitrogens with one attached hydrogen (secondary N) is 1. The summed E-state index contributed by atoms with van der Waals surface area (Å²) in [5, 5.41) is 2.76. The van der Waals surface area contributed by atoms with Gasteiger partial charge in [0.15, 0.2) is 0 Å². The fourth-order valence-electron chi connectivity index (χ4n) is 0.260. The van der Waals surface area contributed by atoms with E-state index in [1.165, 1.54) is 0 Å². The quantitative estimate of drug-likeness (QED) is 0.379. The summed E-state index contributed by atoms with van der Waals surface area (Å²) >= 11 is 0. The summed E-state index contributed by atoms with van der Waals surface area (Å²) in [5.41, 5.74) is 4.80. The van der Waals surface area contributed by atoms with E-state index in [-0.39, 0.29) is 11.9 Å². The molecule has 6 heavy (non-hydrogen) atoms. The Bertz CT molecular complexity index is 76.9. The zero-order valence-electron chi connectivity index (χ0n) is 3.27. The number of amides is 1. The molecule has 3 heteroatoms. The van der Waals surface area contributed by atoms with Crippen LogP contribution in [0, 0.1) is 0 Å². The Labute approximate surface area is 35.5 Å². The topological polar surface area (TPSA) is 65.0 Å². The van der Waals surface area contributed by atoms with Crippen LogP contribution in [0.5, 0.6) is 0 Å². The third-order valence-corrected chi connectivity index (χ3v) is 0.752. The summed E-state index contributed by atoms with van der Waals surface area (Å²) < 4.78 is 0. The van der Waals surface area contributed by atoms with E-state index in [9.17, 15) is 4.79 Å². The highest BCUT2D eigenvalue weighted by Crippen LogP contribution is 1.91. The van der Waals surface area contributed by atoms with E-state index in [1.807, 2.05) is 0 Å². The molecule has 1 fully saturated rings. The van der Waals surface area contributed by atoms with Gasteiger partial charge in [-0.25, -0.2) is 0 Å². The van der Waals surface area contributed by atoms with Gasteiger partial charge in [-0.3, -0.25) is 4.79 Å². The van der Waals surface area contributed by atoms with Gasteiger partial charge >= 0.3 is 0 Å². The number of hydrogen-bond donors (Lipinski definition) is 2. The Balaban J connectivity index is 2.31. The Morgan fingerprint density at radius 1 is 2.00 bits per heavy atom. The molecule has 3 nitrogen and oxygen atoms in total. The molecule has 0 aliphatic carbocycles. The lowest BCUT2D eigenvalue weighted by molar-refractivity contribution is -0.117. The standard InChI is InChI=1S/C3H6N2O/c4-3(6)2-1-5-2/h2,5H,1H2,(H2,4,6)/t2-/m1/s1. The second-order valence-corrected chi connectivity index (χ2v) is 1.36. The van der Waals surface area contributed by atoms with Crippen molar-refractivity contribution >= 4 is 5.91 Å². The summed E-state index contributed by atoms with van der Waals surface area (Å²) in [5.74, 6) is -0.241. The van der Waals surface area contributed by atoms with Crippen molar-refractivity contribution in [1.82, 2.24) is 5.32 Å². The van der Waals surface area contributed by atoms with Crippen LogP contribution in [0.25, 0.3) is 0 Å². The number of carbonyl (C=O) groups is 1. The molecule has 1 rings (SSSR count). The Hall–Kier alpha value is -0.570. The minimum absolute atomic E-state index is 0.00926. The minimum atomic E-state index is -0.241. The molecule has 34 valence electrons. The van der Waals surface area contributed by atoms with E-state index in [0.29, 0.717) is 0 Å². The Kier molecular flexibility index (Phi) is 0.569. The predicted molar refractivity (Wildman–Crippen MR) is 21.0 cm³/mol. The van der Waals surface area contributed by atoms with E-state index in [0.717, 1.165) is 6.54 Å². The second-order valence-electron chi connectivity index (χ2n) is 1.36. The average Bonchev–Trinajstić information content (AvgIpc) is 2.06. The molecule has 0 saturated carbocycles. The summed E-state index contributed by atoms with van der Waals surface area (Å²) in [7, 11) is 0. The molecule has 1 aliphatic heterocycles. The molecule has 1 aliphatic rings. The summed E-state index contributed by atoms with van der Waals surface area (Å²) in [4.78, 5) is 9.92. The molecule has 1 saturated heterocycles. The van der Waals surface area contributed by atoms with Gasteiger partial charge in [-0.2, -0.15) is 0 Å². The van der Waals surface area contributed by atoms with Crippen molar-refractivity contribution in [2.24, 2.45) is 5.73 Å². The number of primary amides is 1. The van der Waals surface area contributed by atoms with E-state index in [4.69, 9.17) is 5.73 Å². The van der Waals surface area contributed by atoms with Crippen LogP contribution in [0.2, 0.25) is 0 Å². The van der Waals surface area contributed by atoms with Crippen LogP contribution in [0.1, 0.15) is 0 Å². The maximum Gasteiger partial charge on any atom is 0.235 e. The van der Waals surface area contributed by atoms with Crippen LogP contribution < -0.4 is 11.1 Å². The van der Waals surface area contributed by atoms with Gasteiger partial charge in [0.25, 0.3) is 0 Å². The molecular weight excluding hydrogens is 80.0 g/mol. The lowest BCUT2D eigenvalue weighted by atomic mass is 10.5. The van der Waals surface area contributed by atoms with Crippen LogP contribution in [0.15, 0.2) is 0 Å². The highest BCUT2D eigenvalue weighted by atomic mass is 16.1. The first kappa shape index (κ1) is 3.61. The monoisotopic (exact) mass is 86.0 g/mol. The summed E-state index contributed by atoms with van der Waals surface area (Å²) in [6.45, 7) is 0.773. The van der Waals surface area contributed by atoms with Crippen molar-refractivity contribution in [2.75, 3.05) is 6.54 Å². The van der Waals surface area contributed by atoms with Gasteiger partial charge in [0.05, 0.1) is 6.04 Å². The second kappa shape index (κ2) is 0.944. The third kappa shape index (κ3) is 0.490. The molecule has 0 aromatic heterocycles. The van der Waals surface area contributed by atoms with Gasteiger partial charge in [-0.15, -0.1) is 0 Å². The lowest BCUT2D eigenvalue weighted by Gasteiger charge is -1.75.